The van der Waals surface area contributed by atoms with E-state index in [1.54, 1.807) is 0 Å². The van der Waals surface area contributed by atoms with Crippen LogP contribution < -0.4 is 5.32 Å². The quantitative estimate of drug-likeness (QED) is 0.397. The van der Waals surface area contributed by atoms with Crippen LogP contribution in [0.4, 0.5) is 0 Å². The molecule has 0 aromatic carbocycles. The molecule has 0 heterocycles. The van der Waals surface area contributed by atoms with Crippen LogP contribution in [-0.4, -0.2) is 29.4 Å². The van der Waals surface area contributed by atoms with Crippen LogP contribution in [0.2, 0.25) is 0 Å². The summed E-state index contributed by atoms with van der Waals surface area (Å²) in [6.45, 7) is 4.77. The van der Waals surface area contributed by atoms with Crippen LogP contribution in [0.3, 0.4) is 0 Å². The third kappa shape index (κ3) is 10.7. The normalized spacial score (nSPS) is 10.7. The highest BCUT2D eigenvalue weighted by Crippen LogP contribution is 2.09. The lowest BCUT2D eigenvalue weighted by molar-refractivity contribution is -0.141. The third-order valence-corrected chi connectivity index (χ3v) is 2.63. The highest BCUT2D eigenvalue weighted by molar-refractivity contribution is 9.25. The van der Waals surface area contributed by atoms with Gasteiger partial charge in [-0.25, -0.2) is 4.79 Å². The number of esters is 1. The maximum Gasteiger partial charge on any atom is 0.330 e. The minimum absolute atomic E-state index is 0.256. The second kappa shape index (κ2) is 10.9. The molecule has 0 fully saturated rings. The Bertz CT molecular complexity index is 166. The van der Waals surface area contributed by atoms with Gasteiger partial charge >= 0.3 is 5.97 Å². The Balaban J connectivity index is 3.08. The highest BCUT2D eigenvalue weighted by Gasteiger charge is 2.10. The molecule has 1 N–H and O–H groups in total. The number of carbonyl (C=O) groups excluding carboxylic acids is 1. The van der Waals surface area contributed by atoms with Gasteiger partial charge in [-0.05, 0) is 32.4 Å². The number of nitrogens with one attached hydrogen (secondary N) is 1. The number of unbranched alkanes of at least 4 members (excludes halogenated alkanes) is 2. The number of rotatable bonds is 9. The van der Waals surface area contributed by atoms with E-state index < -0.39 is 0 Å². The molecular formula is C10H19Br2NO2. The van der Waals surface area contributed by atoms with Crippen molar-refractivity contribution >= 4 is 37.8 Å². The molecule has 0 aromatic rings. The van der Waals surface area contributed by atoms with Crippen molar-refractivity contribution in [1.82, 2.24) is 5.32 Å². The van der Waals surface area contributed by atoms with Crippen LogP contribution in [0.1, 0.15) is 32.6 Å². The van der Waals surface area contributed by atoms with Gasteiger partial charge in [-0.2, -0.15) is 0 Å². The summed E-state index contributed by atoms with van der Waals surface area (Å²) in [5.41, 5.74) is 0. The van der Waals surface area contributed by atoms with Crippen molar-refractivity contribution in [2.24, 2.45) is 0 Å². The van der Waals surface area contributed by atoms with Gasteiger partial charge in [0.2, 0.25) is 0 Å². The zero-order chi connectivity index (χ0) is 11.5. The molecule has 0 unspecified atom stereocenters. The van der Waals surface area contributed by atoms with E-state index in [1.165, 1.54) is 12.8 Å². The van der Waals surface area contributed by atoms with Gasteiger partial charge in [0.1, 0.15) is 0 Å². The lowest BCUT2D eigenvalue weighted by Gasteiger charge is -2.06. The fraction of sp³-hybridized carbons (Fsp3) is 0.900. The molecule has 0 bridgehead atoms. The van der Waals surface area contributed by atoms with Gasteiger partial charge < -0.3 is 10.1 Å². The van der Waals surface area contributed by atoms with E-state index in [9.17, 15) is 4.79 Å². The smallest absolute Gasteiger partial charge is 0.330 e. The second-order valence-corrected chi connectivity index (χ2v) is 6.34. The maximum absolute atomic E-state index is 11.0. The van der Waals surface area contributed by atoms with Crippen molar-refractivity contribution in [3.8, 4) is 0 Å². The van der Waals surface area contributed by atoms with Crippen molar-refractivity contribution in [2.45, 2.75) is 36.3 Å². The van der Waals surface area contributed by atoms with E-state index >= 15 is 0 Å². The van der Waals surface area contributed by atoms with Crippen molar-refractivity contribution < 1.29 is 9.53 Å². The molecular weight excluding hydrogens is 326 g/mol. The Morgan fingerprint density at radius 3 is 2.53 bits per heavy atom. The van der Waals surface area contributed by atoms with E-state index in [2.05, 4.69) is 44.1 Å². The minimum atomic E-state index is -0.382. The first-order valence-electron chi connectivity index (χ1n) is 5.34. The standard InChI is InChI=1S/C10H19Br2NO2/c1-2-3-6-13-7-4-5-8-15-10(14)9(11)12/h9,13H,2-8H2,1H3. The molecule has 0 saturated heterocycles. The van der Waals surface area contributed by atoms with E-state index in [1.807, 2.05) is 0 Å². The molecule has 0 aliphatic heterocycles. The van der Waals surface area contributed by atoms with E-state index in [0.29, 0.717) is 6.61 Å². The molecule has 0 aliphatic rings. The Morgan fingerprint density at radius 2 is 1.93 bits per heavy atom. The summed E-state index contributed by atoms with van der Waals surface area (Å²) in [5, 5.41) is 3.34. The third-order valence-electron chi connectivity index (χ3n) is 1.88. The molecule has 0 aromatic heterocycles. The van der Waals surface area contributed by atoms with Crippen LogP contribution in [-0.2, 0) is 9.53 Å². The number of halogens is 2. The highest BCUT2D eigenvalue weighted by atomic mass is 79.9. The minimum Gasteiger partial charge on any atom is -0.464 e. The van der Waals surface area contributed by atoms with E-state index in [0.717, 1.165) is 25.9 Å². The predicted octanol–water partition coefficient (Wildman–Crippen LogP) is 2.82. The summed E-state index contributed by atoms with van der Waals surface area (Å²) in [5.74, 6) is -0.256. The van der Waals surface area contributed by atoms with Gasteiger partial charge in [0.15, 0.2) is 3.74 Å². The number of carbonyl (C=O) groups is 1. The molecule has 0 rings (SSSR count). The molecule has 0 spiro atoms. The zero-order valence-corrected chi connectivity index (χ0v) is 12.3. The molecule has 0 saturated carbocycles. The van der Waals surface area contributed by atoms with Gasteiger partial charge in [-0.3, -0.25) is 0 Å². The van der Waals surface area contributed by atoms with Crippen molar-refractivity contribution in [3.05, 3.63) is 0 Å². The zero-order valence-electron chi connectivity index (χ0n) is 9.10. The Kier molecular flexibility index (Phi) is 11.2. The largest absolute Gasteiger partial charge is 0.464 e. The molecule has 0 aliphatic carbocycles. The molecule has 0 atom stereocenters. The van der Waals surface area contributed by atoms with Crippen LogP contribution in [0.5, 0.6) is 0 Å². The second-order valence-electron chi connectivity index (χ2n) is 3.28. The van der Waals surface area contributed by atoms with E-state index in [-0.39, 0.29) is 9.71 Å². The predicted molar refractivity (Wildman–Crippen MR) is 69.6 cm³/mol. The SMILES string of the molecule is CCCCNCCCCOC(=O)C(Br)Br. The average Bonchev–Trinajstić information content (AvgIpc) is 2.21. The monoisotopic (exact) mass is 343 g/mol. The van der Waals surface area contributed by atoms with E-state index in [4.69, 9.17) is 4.74 Å². The van der Waals surface area contributed by atoms with Crippen LogP contribution in [0, 0.1) is 0 Å². The molecule has 0 amide bonds. The molecule has 15 heavy (non-hydrogen) atoms. The molecule has 5 heteroatoms. The lowest BCUT2D eigenvalue weighted by atomic mass is 10.3. The van der Waals surface area contributed by atoms with Gasteiger partial charge in [0.05, 0.1) is 6.61 Å². The van der Waals surface area contributed by atoms with Gasteiger partial charge in [-0.15, -0.1) is 0 Å². The summed E-state index contributed by atoms with van der Waals surface area (Å²) in [6.07, 6.45) is 4.41. The lowest BCUT2D eigenvalue weighted by Crippen LogP contribution is -2.17. The fourth-order valence-electron chi connectivity index (χ4n) is 1.01. The fourth-order valence-corrected chi connectivity index (χ4v) is 1.28. The van der Waals surface area contributed by atoms with Gasteiger partial charge in [0, 0.05) is 0 Å². The van der Waals surface area contributed by atoms with Gasteiger partial charge in [-0.1, -0.05) is 45.2 Å². The van der Waals surface area contributed by atoms with Gasteiger partial charge in [0.25, 0.3) is 0 Å². The van der Waals surface area contributed by atoms with Crippen molar-refractivity contribution in [3.63, 3.8) is 0 Å². The van der Waals surface area contributed by atoms with Crippen molar-refractivity contribution in [2.75, 3.05) is 19.7 Å². The summed E-state index contributed by atoms with van der Waals surface area (Å²) in [4.78, 5) is 11.0. The Labute approximate surface area is 109 Å². The maximum atomic E-state index is 11.0. The Morgan fingerprint density at radius 1 is 1.27 bits per heavy atom. The van der Waals surface area contributed by atoms with Crippen LogP contribution >= 0.6 is 31.9 Å². The Hall–Kier alpha value is 0.390. The van der Waals surface area contributed by atoms with Crippen LogP contribution in [0.25, 0.3) is 0 Å². The average molecular weight is 345 g/mol. The first kappa shape index (κ1) is 15.4. The first-order valence-corrected chi connectivity index (χ1v) is 7.17. The summed E-state index contributed by atoms with van der Waals surface area (Å²) in [6, 6.07) is 0. The molecule has 90 valence electrons. The molecule has 3 nitrogen and oxygen atoms in total. The number of hydrogen-bond acceptors (Lipinski definition) is 3. The summed E-state index contributed by atoms with van der Waals surface area (Å²) >= 11 is 6.16. The summed E-state index contributed by atoms with van der Waals surface area (Å²) < 4.78 is 4.59. The van der Waals surface area contributed by atoms with Crippen LogP contribution in [0.15, 0.2) is 0 Å². The number of alkyl halides is 2. The molecule has 0 radical (unpaired) electrons. The summed E-state index contributed by atoms with van der Waals surface area (Å²) in [7, 11) is 0. The topological polar surface area (TPSA) is 38.3 Å². The first-order chi connectivity index (χ1) is 7.18. The number of ether oxygens (including phenoxy) is 1. The number of hydrogen-bond donors (Lipinski definition) is 1. The van der Waals surface area contributed by atoms with Crippen molar-refractivity contribution in [1.29, 1.82) is 0 Å².